The summed E-state index contributed by atoms with van der Waals surface area (Å²) in [6.45, 7) is 0.623. The van der Waals surface area contributed by atoms with Crippen molar-refractivity contribution in [3.63, 3.8) is 0 Å². The van der Waals surface area contributed by atoms with E-state index in [4.69, 9.17) is 5.73 Å². The second-order valence-electron chi connectivity index (χ2n) is 4.99. The minimum atomic E-state index is 0.117. The van der Waals surface area contributed by atoms with E-state index in [9.17, 15) is 4.79 Å². The van der Waals surface area contributed by atoms with Gasteiger partial charge >= 0.3 is 0 Å². The Labute approximate surface area is 102 Å². The molecule has 2 atom stereocenters. The predicted octanol–water partition coefficient (Wildman–Crippen LogP) is 0.506. The van der Waals surface area contributed by atoms with Gasteiger partial charge in [0, 0.05) is 44.4 Å². The number of aryl methyl sites for hydroxylation is 1. The van der Waals surface area contributed by atoms with Gasteiger partial charge in [-0.3, -0.25) is 9.48 Å². The van der Waals surface area contributed by atoms with E-state index in [1.807, 2.05) is 20.3 Å². The third-order valence-corrected chi connectivity index (χ3v) is 3.38. The Morgan fingerprint density at radius 2 is 2.41 bits per heavy atom. The molecule has 17 heavy (non-hydrogen) atoms. The number of hydrogen-bond acceptors (Lipinski definition) is 3. The maximum Gasteiger partial charge on any atom is 0.225 e. The molecule has 0 spiro atoms. The van der Waals surface area contributed by atoms with Crippen LogP contribution in [0.15, 0.2) is 12.4 Å². The van der Waals surface area contributed by atoms with Crippen LogP contribution in [-0.2, 0) is 18.4 Å². The van der Waals surface area contributed by atoms with E-state index >= 15 is 0 Å². The lowest BCUT2D eigenvalue weighted by Gasteiger charge is -2.20. The molecule has 94 valence electrons. The van der Waals surface area contributed by atoms with Crippen LogP contribution in [0.2, 0.25) is 0 Å². The van der Waals surface area contributed by atoms with Gasteiger partial charge in [0.15, 0.2) is 0 Å². The molecule has 0 aromatic carbocycles. The third kappa shape index (κ3) is 2.85. The molecule has 1 aromatic rings. The van der Waals surface area contributed by atoms with Crippen molar-refractivity contribution in [1.82, 2.24) is 14.7 Å². The first-order chi connectivity index (χ1) is 8.06. The van der Waals surface area contributed by atoms with Crippen LogP contribution in [-0.4, -0.2) is 33.7 Å². The van der Waals surface area contributed by atoms with E-state index in [1.165, 1.54) is 0 Å². The molecule has 0 aliphatic heterocycles. The van der Waals surface area contributed by atoms with Crippen LogP contribution in [0.4, 0.5) is 0 Å². The molecule has 2 rings (SSSR count). The summed E-state index contributed by atoms with van der Waals surface area (Å²) < 4.78 is 1.75. The van der Waals surface area contributed by atoms with Gasteiger partial charge in [0.1, 0.15) is 0 Å². The Balaban J connectivity index is 1.91. The van der Waals surface area contributed by atoms with Gasteiger partial charge in [0.25, 0.3) is 0 Å². The first-order valence-electron chi connectivity index (χ1n) is 6.04. The van der Waals surface area contributed by atoms with Crippen LogP contribution in [0, 0.1) is 5.92 Å². The summed E-state index contributed by atoms with van der Waals surface area (Å²) in [4.78, 5) is 13.9. The summed E-state index contributed by atoms with van der Waals surface area (Å²) in [5.74, 6) is 0.327. The molecular formula is C12H20N4O. The summed E-state index contributed by atoms with van der Waals surface area (Å²) >= 11 is 0. The summed E-state index contributed by atoms with van der Waals surface area (Å²) in [6.07, 6.45) is 6.46. The van der Waals surface area contributed by atoms with Gasteiger partial charge in [0.2, 0.25) is 5.91 Å². The van der Waals surface area contributed by atoms with Crippen LogP contribution < -0.4 is 5.73 Å². The van der Waals surface area contributed by atoms with E-state index in [0.717, 1.165) is 24.8 Å². The Morgan fingerprint density at radius 1 is 1.65 bits per heavy atom. The van der Waals surface area contributed by atoms with Crippen molar-refractivity contribution in [1.29, 1.82) is 0 Å². The van der Waals surface area contributed by atoms with Gasteiger partial charge in [-0.05, 0) is 19.3 Å². The SMILES string of the molecule is CN(Cc1cnn(C)c1)C(=O)C1CCC(N)C1. The molecule has 5 heteroatoms. The number of aromatic nitrogens is 2. The monoisotopic (exact) mass is 236 g/mol. The van der Waals surface area contributed by atoms with Gasteiger partial charge < -0.3 is 10.6 Å². The van der Waals surface area contributed by atoms with Crippen molar-refractivity contribution in [3.05, 3.63) is 18.0 Å². The Morgan fingerprint density at radius 3 is 2.94 bits per heavy atom. The number of amides is 1. The minimum Gasteiger partial charge on any atom is -0.341 e. The van der Waals surface area contributed by atoms with E-state index in [1.54, 1.807) is 15.8 Å². The fraction of sp³-hybridized carbons (Fsp3) is 0.667. The summed E-state index contributed by atoms with van der Waals surface area (Å²) in [6, 6.07) is 0.204. The molecule has 2 N–H and O–H groups in total. The lowest BCUT2D eigenvalue weighted by Crippen LogP contribution is -2.32. The summed E-state index contributed by atoms with van der Waals surface area (Å²) in [5.41, 5.74) is 6.90. The van der Waals surface area contributed by atoms with Gasteiger partial charge in [0.05, 0.1) is 6.20 Å². The van der Waals surface area contributed by atoms with Gasteiger partial charge in [-0.2, -0.15) is 5.10 Å². The molecule has 1 aliphatic carbocycles. The summed E-state index contributed by atoms with van der Waals surface area (Å²) in [5, 5.41) is 4.10. The molecule has 1 heterocycles. The lowest BCUT2D eigenvalue weighted by atomic mass is 10.1. The molecule has 0 radical (unpaired) electrons. The number of rotatable bonds is 3. The second-order valence-corrected chi connectivity index (χ2v) is 4.99. The molecule has 1 amide bonds. The fourth-order valence-corrected chi connectivity index (χ4v) is 2.46. The normalized spacial score (nSPS) is 23.9. The largest absolute Gasteiger partial charge is 0.341 e. The molecule has 0 bridgehead atoms. The van der Waals surface area contributed by atoms with Gasteiger partial charge in [-0.15, -0.1) is 0 Å². The number of nitrogens with two attached hydrogens (primary N) is 1. The zero-order chi connectivity index (χ0) is 12.4. The zero-order valence-electron chi connectivity index (χ0n) is 10.5. The quantitative estimate of drug-likeness (QED) is 0.831. The van der Waals surface area contributed by atoms with Crippen molar-refractivity contribution in [2.24, 2.45) is 18.7 Å². The molecule has 1 aliphatic rings. The average Bonchev–Trinajstić information content (AvgIpc) is 2.87. The van der Waals surface area contributed by atoms with Gasteiger partial charge in [-0.25, -0.2) is 0 Å². The van der Waals surface area contributed by atoms with Gasteiger partial charge in [-0.1, -0.05) is 0 Å². The first kappa shape index (κ1) is 12.1. The molecule has 1 saturated carbocycles. The molecule has 5 nitrogen and oxygen atoms in total. The highest BCUT2D eigenvalue weighted by molar-refractivity contribution is 5.78. The highest BCUT2D eigenvalue weighted by atomic mass is 16.2. The van der Waals surface area contributed by atoms with E-state index in [2.05, 4.69) is 5.10 Å². The summed E-state index contributed by atoms with van der Waals surface area (Å²) in [7, 11) is 3.72. The van der Waals surface area contributed by atoms with Crippen molar-refractivity contribution in [2.75, 3.05) is 7.05 Å². The lowest BCUT2D eigenvalue weighted by molar-refractivity contribution is -0.134. The van der Waals surface area contributed by atoms with Crippen LogP contribution >= 0.6 is 0 Å². The maximum atomic E-state index is 12.1. The average molecular weight is 236 g/mol. The zero-order valence-corrected chi connectivity index (χ0v) is 10.5. The number of carbonyl (C=O) groups is 1. The Hall–Kier alpha value is -1.36. The third-order valence-electron chi connectivity index (χ3n) is 3.38. The number of carbonyl (C=O) groups excluding carboxylic acids is 1. The van der Waals surface area contributed by atoms with E-state index < -0.39 is 0 Å². The highest BCUT2D eigenvalue weighted by Crippen LogP contribution is 2.26. The first-order valence-corrected chi connectivity index (χ1v) is 6.04. The minimum absolute atomic E-state index is 0.117. The standard InChI is InChI=1S/C12H20N4O/c1-15(7-9-6-14-16(2)8-9)12(17)10-3-4-11(13)5-10/h6,8,10-11H,3-5,7,13H2,1-2H3. The van der Waals surface area contributed by atoms with Crippen LogP contribution in [0.3, 0.4) is 0 Å². The fourth-order valence-electron chi connectivity index (χ4n) is 2.46. The topological polar surface area (TPSA) is 64.2 Å². The van der Waals surface area contributed by atoms with Crippen molar-refractivity contribution in [3.8, 4) is 0 Å². The van der Waals surface area contributed by atoms with Crippen LogP contribution in [0.25, 0.3) is 0 Å². The molecule has 1 aromatic heterocycles. The number of nitrogens with zero attached hydrogens (tertiary/aromatic N) is 3. The van der Waals surface area contributed by atoms with Crippen LogP contribution in [0.1, 0.15) is 24.8 Å². The second kappa shape index (κ2) is 4.87. The van der Waals surface area contributed by atoms with Crippen molar-refractivity contribution >= 4 is 5.91 Å². The smallest absolute Gasteiger partial charge is 0.225 e. The highest BCUT2D eigenvalue weighted by Gasteiger charge is 2.29. The predicted molar refractivity (Wildman–Crippen MR) is 65.0 cm³/mol. The van der Waals surface area contributed by atoms with Crippen molar-refractivity contribution in [2.45, 2.75) is 31.8 Å². The van der Waals surface area contributed by atoms with Crippen LogP contribution in [0.5, 0.6) is 0 Å². The maximum absolute atomic E-state index is 12.1. The Bertz CT molecular complexity index is 401. The number of hydrogen-bond donors (Lipinski definition) is 1. The van der Waals surface area contributed by atoms with E-state index in [0.29, 0.717) is 6.54 Å². The molecular weight excluding hydrogens is 216 g/mol. The molecule has 0 saturated heterocycles. The van der Waals surface area contributed by atoms with Crippen molar-refractivity contribution < 1.29 is 4.79 Å². The molecule has 2 unspecified atom stereocenters. The van der Waals surface area contributed by atoms with E-state index in [-0.39, 0.29) is 17.9 Å². The molecule has 1 fully saturated rings. The Kier molecular flexibility index (Phi) is 3.47.